The zero-order valence-corrected chi connectivity index (χ0v) is 17.3. The number of aromatic nitrogens is 1. The van der Waals surface area contributed by atoms with Gasteiger partial charge in [-0.05, 0) is 51.1 Å². The Morgan fingerprint density at radius 2 is 1.60 bits per heavy atom. The first-order chi connectivity index (χ1) is 14.4. The third kappa shape index (κ3) is 4.49. The maximum Gasteiger partial charge on any atom is 0.340 e. The zero-order chi connectivity index (χ0) is 21.7. The van der Waals surface area contributed by atoms with Gasteiger partial charge in [-0.15, -0.1) is 0 Å². The quantitative estimate of drug-likeness (QED) is 0.467. The normalized spacial score (nSPS) is 10.5. The van der Waals surface area contributed by atoms with E-state index < -0.39 is 5.97 Å². The number of anilines is 1. The van der Waals surface area contributed by atoms with Crippen molar-refractivity contribution in [1.29, 1.82) is 0 Å². The fraction of sp³-hybridized carbons (Fsp3) is 0.208. The minimum absolute atomic E-state index is 0.189. The lowest BCUT2D eigenvalue weighted by atomic mass is 10.1. The molecule has 0 bridgehead atoms. The number of nitrogens with one attached hydrogen (secondary N) is 1. The molecule has 3 rings (SSSR count). The highest BCUT2D eigenvalue weighted by Crippen LogP contribution is 2.19. The van der Waals surface area contributed by atoms with E-state index in [0.717, 1.165) is 17.9 Å². The third-order valence-electron chi connectivity index (χ3n) is 4.96. The molecule has 0 aliphatic heterocycles. The molecule has 0 aliphatic carbocycles. The van der Waals surface area contributed by atoms with Crippen LogP contribution in [0.3, 0.4) is 0 Å². The molecule has 1 amide bonds. The van der Waals surface area contributed by atoms with Gasteiger partial charge < -0.3 is 14.6 Å². The third-order valence-corrected chi connectivity index (χ3v) is 4.96. The van der Waals surface area contributed by atoms with Crippen LogP contribution in [0.5, 0.6) is 0 Å². The van der Waals surface area contributed by atoms with Crippen molar-refractivity contribution in [2.45, 2.75) is 27.3 Å². The molecule has 0 atom stereocenters. The molecule has 0 unspecified atom stereocenters. The SMILES string of the molecule is CCn1c(C)cc(C(=O)COC(=O)c2ccccc2NC(=O)c2ccccc2)c1C. The number of benzene rings is 2. The Hall–Kier alpha value is -3.67. The Morgan fingerprint density at radius 3 is 2.27 bits per heavy atom. The van der Waals surface area contributed by atoms with E-state index in [1.807, 2.05) is 37.5 Å². The smallest absolute Gasteiger partial charge is 0.340 e. The summed E-state index contributed by atoms with van der Waals surface area (Å²) in [4.78, 5) is 37.6. The predicted octanol–water partition coefficient (Wildman–Crippen LogP) is 4.42. The van der Waals surface area contributed by atoms with Crippen LogP contribution in [0.15, 0.2) is 60.7 Å². The summed E-state index contributed by atoms with van der Waals surface area (Å²) in [6.45, 7) is 6.22. The number of carbonyl (C=O) groups excluding carboxylic acids is 3. The molecule has 30 heavy (non-hydrogen) atoms. The van der Waals surface area contributed by atoms with Gasteiger partial charge >= 0.3 is 5.97 Å². The number of ketones is 1. The first-order valence-corrected chi connectivity index (χ1v) is 9.74. The van der Waals surface area contributed by atoms with Crippen molar-refractivity contribution in [3.63, 3.8) is 0 Å². The van der Waals surface area contributed by atoms with Gasteiger partial charge in [0.2, 0.25) is 5.78 Å². The molecule has 3 aromatic rings. The number of carbonyl (C=O) groups is 3. The highest BCUT2D eigenvalue weighted by atomic mass is 16.5. The van der Waals surface area contributed by atoms with Gasteiger partial charge in [0.15, 0.2) is 6.61 Å². The van der Waals surface area contributed by atoms with Crippen LogP contribution in [0, 0.1) is 13.8 Å². The van der Waals surface area contributed by atoms with E-state index >= 15 is 0 Å². The Kier molecular flexibility index (Phi) is 6.47. The van der Waals surface area contributed by atoms with Crippen LogP contribution in [0.25, 0.3) is 0 Å². The molecule has 2 aromatic carbocycles. The number of esters is 1. The van der Waals surface area contributed by atoms with Crippen molar-refractivity contribution in [1.82, 2.24) is 4.57 Å². The maximum atomic E-state index is 12.6. The Bertz CT molecular complexity index is 1080. The molecule has 0 saturated carbocycles. The number of rotatable bonds is 7. The van der Waals surface area contributed by atoms with Gasteiger partial charge in [-0.1, -0.05) is 30.3 Å². The summed E-state index contributed by atoms with van der Waals surface area (Å²) < 4.78 is 7.29. The number of ether oxygens (including phenoxy) is 1. The summed E-state index contributed by atoms with van der Waals surface area (Å²) in [6, 6.07) is 17.1. The molecule has 0 saturated heterocycles. The molecule has 1 N–H and O–H groups in total. The van der Waals surface area contributed by atoms with E-state index in [9.17, 15) is 14.4 Å². The van der Waals surface area contributed by atoms with Crippen LogP contribution in [0.1, 0.15) is 49.4 Å². The highest BCUT2D eigenvalue weighted by Gasteiger charge is 2.19. The second-order valence-corrected chi connectivity index (χ2v) is 6.89. The molecule has 0 aliphatic rings. The number of para-hydroxylation sites is 1. The van der Waals surface area contributed by atoms with Gasteiger partial charge in [-0.3, -0.25) is 9.59 Å². The monoisotopic (exact) mass is 404 g/mol. The predicted molar refractivity (Wildman–Crippen MR) is 115 cm³/mol. The summed E-state index contributed by atoms with van der Waals surface area (Å²) >= 11 is 0. The van der Waals surface area contributed by atoms with Crippen molar-refractivity contribution < 1.29 is 19.1 Å². The Morgan fingerprint density at radius 1 is 0.933 bits per heavy atom. The summed E-state index contributed by atoms with van der Waals surface area (Å²) in [6.07, 6.45) is 0. The van der Waals surface area contributed by atoms with E-state index in [2.05, 4.69) is 5.32 Å². The fourth-order valence-electron chi connectivity index (χ4n) is 3.41. The molecule has 6 heteroatoms. The van der Waals surface area contributed by atoms with Gasteiger partial charge in [0.05, 0.1) is 11.3 Å². The van der Waals surface area contributed by atoms with Gasteiger partial charge in [0.25, 0.3) is 5.91 Å². The van der Waals surface area contributed by atoms with Crippen molar-refractivity contribution >= 4 is 23.3 Å². The lowest BCUT2D eigenvalue weighted by Crippen LogP contribution is -2.18. The van der Waals surface area contributed by atoms with Crippen LogP contribution in [0.4, 0.5) is 5.69 Å². The van der Waals surface area contributed by atoms with E-state index in [-0.39, 0.29) is 23.9 Å². The Balaban J connectivity index is 1.70. The number of Topliss-reactive ketones (excluding diaryl/α,β-unsaturated/α-hetero) is 1. The minimum Gasteiger partial charge on any atom is -0.454 e. The summed E-state index contributed by atoms with van der Waals surface area (Å²) in [5.74, 6) is -1.27. The first kappa shape index (κ1) is 21.0. The zero-order valence-electron chi connectivity index (χ0n) is 17.3. The fourth-order valence-corrected chi connectivity index (χ4v) is 3.41. The molecule has 0 radical (unpaired) electrons. The van der Waals surface area contributed by atoms with Gasteiger partial charge in [0, 0.05) is 29.1 Å². The second-order valence-electron chi connectivity index (χ2n) is 6.89. The molecule has 1 heterocycles. The molecule has 0 spiro atoms. The number of hydrogen-bond donors (Lipinski definition) is 1. The lowest BCUT2D eigenvalue weighted by molar-refractivity contribution is 0.0475. The average molecular weight is 404 g/mol. The topological polar surface area (TPSA) is 77.4 Å². The minimum atomic E-state index is -0.670. The largest absolute Gasteiger partial charge is 0.454 e. The van der Waals surface area contributed by atoms with Crippen LogP contribution < -0.4 is 5.32 Å². The average Bonchev–Trinajstić information content (AvgIpc) is 3.06. The van der Waals surface area contributed by atoms with Crippen molar-refractivity contribution in [2.75, 3.05) is 11.9 Å². The van der Waals surface area contributed by atoms with Crippen LogP contribution in [-0.4, -0.2) is 28.8 Å². The Labute approximate surface area is 175 Å². The first-order valence-electron chi connectivity index (χ1n) is 9.74. The number of nitrogens with zero attached hydrogens (tertiary/aromatic N) is 1. The van der Waals surface area contributed by atoms with E-state index in [4.69, 9.17) is 4.74 Å². The molecule has 1 aromatic heterocycles. The van der Waals surface area contributed by atoms with Crippen LogP contribution in [-0.2, 0) is 11.3 Å². The summed E-state index contributed by atoms with van der Waals surface area (Å²) in [5.41, 5.74) is 3.38. The lowest BCUT2D eigenvalue weighted by Gasteiger charge is -2.11. The van der Waals surface area contributed by atoms with Crippen molar-refractivity contribution in [2.24, 2.45) is 0 Å². The van der Waals surface area contributed by atoms with Crippen molar-refractivity contribution in [3.8, 4) is 0 Å². The van der Waals surface area contributed by atoms with Gasteiger partial charge in [-0.2, -0.15) is 0 Å². The standard InChI is InChI=1S/C24H24N2O4/c1-4-26-16(2)14-20(17(26)3)22(27)15-30-24(29)19-12-8-9-13-21(19)25-23(28)18-10-6-5-7-11-18/h5-14H,4,15H2,1-3H3,(H,25,28). The number of amides is 1. The highest BCUT2D eigenvalue weighted by molar-refractivity contribution is 6.08. The van der Waals surface area contributed by atoms with Gasteiger partial charge in [0.1, 0.15) is 0 Å². The van der Waals surface area contributed by atoms with Crippen molar-refractivity contribution in [3.05, 3.63) is 88.7 Å². The molecule has 6 nitrogen and oxygen atoms in total. The summed E-state index contributed by atoms with van der Waals surface area (Å²) in [7, 11) is 0. The molecular weight excluding hydrogens is 380 g/mol. The van der Waals surface area contributed by atoms with E-state index in [1.165, 1.54) is 0 Å². The number of hydrogen-bond acceptors (Lipinski definition) is 4. The van der Waals surface area contributed by atoms with Crippen LogP contribution >= 0.6 is 0 Å². The van der Waals surface area contributed by atoms with E-state index in [0.29, 0.717) is 16.8 Å². The summed E-state index contributed by atoms with van der Waals surface area (Å²) in [5, 5.41) is 2.73. The second kappa shape index (κ2) is 9.22. The van der Waals surface area contributed by atoms with Crippen LogP contribution in [0.2, 0.25) is 0 Å². The number of aryl methyl sites for hydroxylation is 1. The van der Waals surface area contributed by atoms with E-state index in [1.54, 1.807) is 48.5 Å². The molecule has 0 fully saturated rings. The molecular formula is C24H24N2O4. The van der Waals surface area contributed by atoms with Gasteiger partial charge in [-0.25, -0.2) is 4.79 Å². The maximum absolute atomic E-state index is 12.6. The molecule has 154 valence electrons.